The van der Waals surface area contributed by atoms with Crippen molar-refractivity contribution in [2.24, 2.45) is 0 Å². The minimum Gasteiger partial charge on any atom is -0.458 e. The standard InChI is InChI=1S/C56H97NO5/c1-4-7-10-13-16-19-21-23-25-27-29-31-33-36-38-41-44-47-52(50-55(60)57-53(51-58)54(59)48-45-42-39-35-18-15-12-9-6-3)62-56(61)49-46-43-40-37-34-32-30-28-26-24-22-20-17-14-11-8-5-2/h7,10,16,19,23-26,29,31,36,38,44,47,52-54,58-59H,4-6,8-9,11-15,17-18,20-22,27-28,30,32-35,37,39-43,45-46,48-51H2,1-3H3,(H,57,60)/b10-7-,19-16-,25-23-,26-24+,31-29-,38-36-,47-44-. The Morgan fingerprint density at radius 2 is 0.903 bits per heavy atom. The number of aliphatic hydroxyl groups excluding tert-OH is 2. The van der Waals surface area contributed by atoms with Gasteiger partial charge in [-0.3, -0.25) is 9.59 Å². The molecule has 0 aliphatic carbocycles. The third kappa shape index (κ3) is 43.7. The van der Waals surface area contributed by atoms with Crippen molar-refractivity contribution >= 4 is 11.9 Å². The number of hydrogen-bond acceptors (Lipinski definition) is 5. The van der Waals surface area contributed by atoms with Crippen LogP contribution in [0.25, 0.3) is 0 Å². The molecule has 6 nitrogen and oxygen atoms in total. The predicted octanol–water partition coefficient (Wildman–Crippen LogP) is 15.6. The third-order valence-electron chi connectivity index (χ3n) is 11.2. The van der Waals surface area contributed by atoms with Gasteiger partial charge in [-0.15, -0.1) is 0 Å². The molecule has 0 heterocycles. The third-order valence-corrected chi connectivity index (χ3v) is 11.2. The minimum atomic E-state index is -0.822. The van der Waals surface area contributed by atoms with Crippen LogP contribution in [0.4, 0.5) is 0 Å². The van der Waals surface area contributed by atoms with E-state index in [-0.39, 0.29) is 24.9 Å². The van der Waals surface area contributed by atoms with E-state index in [0.29, 0.717) is 19.3 Å². The molecule has 0 radical (unpaired) electrons. The highest BCUT2D eigenvalue weighted by atomic mass is 16.5. The summed E-state index contributed by atoms with van der Waals surface area (Å²) in [6.45, 7) is 6.30. The molecule has 3 N–H and O–H groups in total. The topological polar surface area (TPSA) is 95.9 Å². The van der Waals surface area contributed by atoms with Gasteiger partial charge in [0, 0.05) is 6.42 Å². The number of esters is 1. The number of nitrogens with one attached hydrogen (secondary N) is 1. The van der Waals surface area contributed by atoms with Crippen LogP contribution in [-0.2, 0) is 14.3 Å². The Labute approximate surface area is 383 Å². The highest BCUT2D eigenvalue weighted by Crippen LogP contribution is 2.15. The molecule has 0 rings (SSSR count). The molecule has 0 aromatic rings. The Morgan fingerprint density at radius 3 is 1.35 bits per heavy atom. The second kappa shape index (κ2) is 49.1. The summed E-state index contributed by atoms with van der Waals surface area (Å²) in [5, 5.41) is 23.6. The van der Waals surface area contributed by atoms with Crippen molar-refractivity contribution in [3.05, 3.63) is 85.1 Å². The molecule has 0 aromatic heterocycles. The van der Waals surface area contributed by atoms with Gasteiger partial charge in [-0.2, -0.15) is 0 Å². The number of allylic oxidation sites excluding steroid dienone is 13. The van der Waals surface area contributed by atoms with Gasteiger partial charge in [0.1, 0.15) is 6.10 Å². The zero-order valence-electron chi connectivity index (χ0n) is 40.5. The quantitative estimate of drug-likeness (QED) is 0.0322. The number of amides is 1. The van der Waals surface area contributed by atoms with Crippen molar-refractivity contribution in [1.82, 2.24) is 5.32 Å². The first-order valence-corrected chi connectivity index (χ1v) is 25.8. The SMILES string of the molecule is CC/C=C\C/C=C\C/C=C\C/C=C\C/C=C\C/C=C\C(CC(=O)NC(CO)C(O)CCCCCCCCCCC)OC(=O)CCCCCCCCC/C=C/CCCCCCCC. The average molecular weight is 864 g/mol. The fraction of sp³-hybridized carbons (Fsp3) is 0.714. The van der Waals surface area contributed by atoms with E-state index in [1.807, 2.05) is 6.08 Å². The summed E-state index contributed by atoms with van der Waals surface area (Å²) in [4.78, 5) is 26.1. The molecule has 0 aromatic carbocycles. The first kappa shape index (κ1) is 59.0. The van der Waals surface area contributed by atoms with Gasteiger partial charge < -0.3 is 20.3 Å². The van der Waals surface area contributed by atoms with Crippen molar-refractivity contribution in [3.63, 3.8) is 0 Å². The smallest absolute Gasteiger partial charge is 0.306 e. The molecule has 0 fully saturated rings. The Balaban J connectivity index is 4.76. The number of carbonyl (C=O) groups is 2. The summed E-state index contributed by atoms with van der Waals surface area (Å²) in [5.41, 5.74) is 0. The maximum Gasteiger partial charge on any atom is 0.306 e. The normalized spacial score (nSPS) is 14.0. The van der Waals surface area contributed by atoms with Crippen molar-refractivity contribution in [2.75, 3.05) is 6.61 Å². The molecule has 0 saturated carbocycles. The van der Waals surface area contributed by atoms with Gasteiger partial charge in [0.2, 0.25) is 5.91 Å². The van der Waals surface area contributed by atoms with Crippen molar-refractivity contribution < 1.29 is 24.5 Å². The van der Waals surface area contributed by atoms with E-state index in [1.165, 1.54) is 116 Å². The van der Waals surface area contributed by atoms with Gasteiger partial charge >= 0.3 is 5.97 Å². The zero-order chi connectivity index (χ0) is 45.2. The number of hydrogen-bond donors (Lipinski definition) is 3. The lowest BCUT2D eigenvalue weighted by atomic mass is 10.0. The van der Waals surface area contributed by atoms with Crippen LogP contribution < -0.4 is 5.32 Å². The van der Waals surface area contributed by atoms with Gasteiger partial charge in [-0.1, -0.05) is 222 Å². The van der Waals surface area contributed by atoms with E-state index in [9.17, 15) is 19.8 Å². The van der Waals surface area contributed by atoms with Crippen LogP contribution in [0, 0.1) is 0 Å². The van der Waals surface area contributed by atoms with Crippen LogP contribution in [0.3, 0.4) is 0 Å². The van der Waals surface area contributed by atoms with Gasteiger partial charge in [-0.05, 0) is 83.1 Å². The molecule has 0 aliphatic heterocycles. The Bertz CT molecular complexity index is 1200. The molecule has 0 aliphatic rings. The van der Waals surface area contributed by atoms with Gasteiger partial charge in [0.15, 0.2) is 0 Å². The summed E-state index contributed by atoms with van der Waals surface area (Å²) < 4.78 is 5.82. The van der Waals surface area contributed by atoms with Gasteiger partial charge in [0.05, 0.1) is 25.2 Å². The minimum absolute atomic E-state index is 0.0522. The molecule has 0 spiro atoms. The van der Waals surface area contributed by atoms with E-state index < -0.39 is 18.2 Å². The first-order valence-electron chi connectivity index (χ1n) is 25.8. The Kier molecular flexibility index (Phi) is 46.7. The zero-order valence-corrected chi connectivity index (χ0v) is 40.5. The molecule has 0 bridgehead atoms. The summed E-state index contributed by atoms with van der Waals surface area (Å²) in [5.74, 6) is -0.639. The molecule has 356 valence electrons. The molecular weight excluding hydrogens is 767 g/mol. The lowest BCUT2D eigenvalue weighted by Gasteiger charge is -2.23. The van der Waals surface area contributed by atoms with Crippen LogP contribution in [0.2, 0.25) is 0 Å². The monoisotopic (exact) mass is 864 g/mol. The summed E-state index contributed by atoms with van der Waals surface area (Å²) in [6, 6.07) is -0.746. The molecule has 0 saturated heterocycles. The van der Waals surface area contributed by atoms with E-state index in [1.54, 1.807) is 6.08 Å². The second-order valence-electron chi connectivity index (χ2n) is 17.2. The number of unbranched alkanes of at least 4 members (excludes halogenated alkanes) is 21. The maximum atomic E-state index is 13.1. The summed E-state index contributed by atoms with van der Waals surface area (Å²) in [6.07, 6.45) is 63.9. The Hall–Kier alpha value is -2.96. The lowest BCUT2D eigenvalue weighted by Crippen LogP contribution is -2.46. The van der Waals surface area contributed by atoms with Crippen LogP contribution in [0.1, 0.15) is 233 Å². The maximum absolute atomic E-state index is 13.1. The van der Waals surface area contributed by atoms with E-state index >= 15 is 0 Å². The molecule has 6 heteroatoms. The van der Waals surface area contributed by atoms with Crippen LogP contribution in [-0.4, -0.2) is 46.9 Å². The van der Waals surface area contributed by atoms with E-state index in [0.717, 1.165) is 70.6 Å². The highest BCUT2D eigenvalue weighted by Gasteiger charge is 2.23. The van der Waals surface area contributed by atoms with Crippen LogP contribution in [0.15, 0.2) is 85.1 Å². The number of ether oxygens (including phenoxy) is 1. The van der Waals surface area contributed by atoms with Crippen molar-refractivity contribution in [1.29, 1.82) is 0 Å². The predicted molar refractivity (Wildman–Crippen MR) is 268 cm³/mol. The van der Waals surface area contributed by atoms with Crippen molar-refractivity contribution in [3.8, 4) is 0 Å². The number of aliphatic hydroxyl groups is 2. The number of rotatable bonds is 45. The highest BCUT2D eigenvalue weighted by molar-refractivity contribution is 5.78. The van der Waals surface area contributed by atoms with Gasteiger partial charge in [0.25, 0.3) is 0 Å². The number of carbonyl (C=O) groups excluding carboxylic acids is 2. The fourth-order valence-corrected chi connectivity index (χ4v) is 7.30. The van der Waals surface area contributed by atoms with E-state index in [4.69, 9.17) is 4.74 Å². The average Bonchev–Trinajstić information content (AvgIpc) is 3.26. The first-order chi connectivity index (χ1) is 30.5. The largest absolute Gasteiger partial charge is 0.458 e. The molecule has 3 atom stereocenters. The fourth-order valence-electron chi connectivity index (χ4n) is 7.30. The molecular formula is C56H97NO5. The van der Waals surface area contributed by atoms with Crippen LogP contribution in [0.5, 0.6) is 0 Å². The summed E-state index contributed by atoms with van der Waals surface area (Å²) >= 11 is 0. The Morgan fingerprint density at radius 1 is 0.500 bits per heavy atom. The summed E-state index contributed by atoms with van der Waals surface area (Å²) in [7, 11) is 0. The molecule has 1 amide bonds. The van der Waals surface area contributed by atoms with E-state index in [2.05, 4.69) is 99.0 Å². The van der Waals surface area contributed by atoms with Crippen LogP contribution >= 0.6 is 0 Å². The van der Waals surface area contributed by atoms with Gasteiger partial charge in [-0.25, -0.2) is 0 Å². The molecule has 62 heavy (non-hydrogen) atoms. The second-order valence-corrected chi connectivity index (χ2v) is 17.2. The van der Waals surface area contributed by atoms with Crippen molar-refractivity contribution in [2.45, 2.75) is 251 Å². The lowest BCUT2D eigenvalue weighted by molar-refractivity contribution is -0.148. The molecule has 3 unspecified atom stereocenters.